The Kier molecular flexibility index (Phi) is 10.3. The van der Waals surface area contributed by atoms with Crippen LogP contribution in [-0.2, 0) is 4.79 Å². The number of carbonyl (C=O) groups excluding carboxylic acids is 1. The number of anilines is 4. The number of carbonyl (C=O) groups is 1. The fourth-order valence-corrected chi connectivity index (χ4v) is 4.62. The summed E-state index contributed by atoms with van der Waals surface area (Å²) in [7, 11) is 7.30. The molecule has 194 valence electrons. The molecule has 2 aromatic carbocycles. The Morgan fingerprint density at radius 3 is 2.70 bits per heavy atom. The number of amides is 1. The van der Waals surface area contributed by atoms with Crippen molar-refractivity contribution in [3.05, 3.63) is 71.5 Å². The molecule has 37 heavy (non-hydrogen) atoms. The molecule has 1 amide bonds. The zero-order valence-corrected chi connectivity index (χ0v) is 22.7. The maximum atomic E-state index is 12.3. The number of methoxy groups -OCH3 is 1. The molecule has 0 aliphatic rings. The molecule has 0 radical (unpaired) electrons. The van der Waals surface area contributed by atoms with Crippen molar-refractivity contribution in [2.75, 3.05) is 56.9 Å². The number of thioether (sulfide) groups is 1. The van der Waals surface area contributed by atoms with Gasteiger partial charge in [-0.2, -0.15) is 0 Å². The van der Waals surface area contributed by atoms with Gasteiger partial charge in [-0.05, 0) is 38.4 Å². The lowest BCUT2D eigenvalue weighted by atomic mass is 10.1. The first-order valence-electron chi connectivity index (χ1n) is 11.4. The van der Waals surface area contributed by atoms with Crippen molar-refractivity contribution in [1.29, 1.82) is 0 Å². The van der Waals surface area contributed by atoms with Crippen LogP contribution >= 0.6 is 23.4 Å². The van der Waals surface area contributed by atoms with Gasteiger partial charge < -0.3 is 26.0 Å². The van der Waals surface area contributed by atoms with Gasteiger partial charge in [0, 0.05) is 53.3 Å². The molecule has 0 aliphatic heterocycles. The topological polar surface area (TPSA) is 118 Å². The van der Waals surface area contributed by atoms with E-state index in [0.29, 0.717) is 40.2 Å². The quantitative estimate of drug-likeness (QED) is 0.140. The number of para-hydroxylation sites is 1. The molecule has 0 fully saturated rings. The van der Waals surface area contributed by atoms with Crippen molar-refractivity contribution in [2.45, 2.75) is 4.90 Å². The first-order chi connectivity index (χ1) is 17.9. The fraction of sp³-hybridized carbons (Fsp3) is 0.231. The fourth-order valence-electron chi connectivity index (χ4n) is 3.37. The molecule has 1 heterocycles. The smallest absolute Gasteiger partial charge is 0.249 e. The zero-order chi connectivity index (χ0) is 26.8. The van der Waals surface area contributed by atoms with E-state index < -0.39 is 0 Å². The molecular weight excluding hydrogens is 510 g/mol. The maximum absolute atomic E-state index is 12.3. The molecule has 0 saturated heterocycles. The van der Waals surface area contributed by atoms with Gasteiger partial charge in [0.05, 0.1) is 29.9 Å². The van der Waals surface area contributed by atoms with E-state index >= 15 is 0 Å². The average Bonchev–Trinajstić information content (AvgIpc) is 2.87. The number of nitrogen functional groups attached to an aromatic ring is 1. The first kappa shape index (κ1) is 28.0. The molecule has 3 rings (SSSR count). The van der Waals surface area contributed by atoms with Crippen molar-refractivity contribution >= 4 is 58.0 Å². The van der Waals surface area contributed by atoms with Crippen LogP contribution in [0, 0.1) is 0 Å². The van der Waals surface area contributed by atoms with Crippen molar-refractivity contribution in [3.63, 3.8) is 0 Å². The highest BCUT2D eigenvalue weighted by Crippen LogP contribution is 2.38. The number of halogens is 1. The first-order valence-corrected chi connectivity index (χ1v) is 12.8. The number of aromatic nitrogens is 2. The Morgan fingerprint density at radius 1 is 1.24 bits per heavy atom. The SMILES string of the molecule is CN=C(c1ccnc(Nc2cc(NC(=O)/C=C/Cl)c(SCCN(C)C)cc2OC)n1)c1ccccc1N. The summed E-state index contributed by atoms with van der Waals surface area (Å²) in [6.45, 7) is 0.871. The predicted octanol–water partition coefficient (Wildman–Crippen LogP) is 4.62. The lowest BCUT2D eigenvalue weighted by Gasteiger charge is -2.17. The van der Waals surface area contributed by atoms with Crippen LogP contribution in [-0.4, -0.2) is 67.0 Å². The number of benzene rings is 2. The minimum absolute atomic E-state index is 0.331. The Labute approximate surface area is 226 Å². The molecule has 0 unspecified atom stereocenters. The molecule has 11 heteroatoms. The van der Waals surface area contributed by atoms with Gasteiger partial charge in [-0.1, -0.05) is 29.8 Å². The third-order valence-electron chi connectivity index (χ3n) is 5.15. The second-order valence-electron chi connectivity index (χ2n) is 8.03. The van der Waals surface area contributed by atoms with Gasteiger partial charge in [0.2, 0.25) is 11.9 Å². The lowest BCUT2D eigenvalue weighted by Crippen LogP contribution is -2.15. The predicted molar refractivity (Wildman–Crippen MR) is 154 cm³/mol. The number of hydrogen-bond donors (Lipinski definition) is 3. The summed E-state index contributed by atoms with van der Waals surface area (Å²) in [5.41, 5.74) is 11.2. The van der Waals surface area contributed by atoms with Crippen LogP contribution in [0.15, 0.2) is 70.2 Å². The van der Waals surface area contributed by atoms with E-state index in [2.05, 4.69) is 30.5 Å². The summed E-state index contributed by atoms with van der Waals surface area (Å²) in [6.07, 6.45) is 2.89. The van der Waals surface area contributed by atoms with Crippen LogP contribution in [0.25, 0.3) is 0 Å². The molecular formula is C26H30ClN7O2S. The van der Waals surface area contributed by atoms with Gasteiger partial charge in [0.25, 0.3) is 0 Å². The van der Waals surface area contributed by atoms with E-state index in [1.165, 1.54) is 11.6 Å². The van der Waals surface area contributed by atoms with E-state index in [4.69, 9.17) is 22.1 Å². The van der Waals surface area contributed by atoms with Crippen molar-refractivity contribution in [3.8, 4) is 5.75 Å². The van der Waals surface area contributed by atoms with Gasteiger partial charge in [0.15, 0.2) is 0 Å². The monoisotopic (exact) mass is 539 g/mol. The van der Waals surface area contributed by atoms with Gasteiger partial charge in [-0.25, -0.2) is 9.97 Å². The molecule has 1 aromatic heterocycles. The third-order valence-corrected chi connectivity index (χ3v) is 6.32. The van der Waals surface area contributed by atoms with Gasteiger partial charge in [0.1, 0.15) is 5.75 Å². The van der Waals surface area contributed by atoms with Crippen LogP contribution in [0.1, 0.15) is 11.3 Å². The van der Waals surface area contributed by atoms with E-state index in [-0.39, 0.29) is 5.91 Å². The van der Waals surface area contributed by atoms with Crippen LogP contribution in [0.3, 0.4) is 0 Å². The number of nitrogens with zero attached hydrogens (tertiary/aromatic N) is 4. The van der Waals surface area contributed by atoms with E-state index in [1.807, 2.05) is 44.4 Å². The summed E-state index contributed by atoms with van der Waals surface area (Å²) in [5, 5.41) is 6.09. The molecule has 0 atom stereocenters. The van der Waals surface area contributed by atoms with E-state index in [1.54, 1.807) is 44.2 Å². The molecule has 3 aromatic rings. The van der Waals surface area contributed by atoms with Gasteiger partial charge in [-0.15, -0.1) is 11.8 Å². The number of nitrogens with two attached hydrogens (primary N) is 1. The van der Waals surface area contributed by atoms with Crippen molar-refractivity contribution in [2.24, 2.45) is 4.99 Å². The second kappa shape index (κ2) is 13.6. The average molecular weight is 540 g/mol. The summed E-state index contributed by atoms with van der Waals surface area (Å²) in [6, 6.07) is 12.9. The normalized spacial score (nSPS) is 11.7. The highest BCUT2D eigenvalue weighted by atomic mass is 35.5. The van der Waals surface area contributed by atoms with E-state index in [9.17, 15) is 4.79 Å². The van der Waals surface area contributed by atoms with Gasteiger partial charge >= 0.3 is 0 Å². The molecule has 0 spiro atoms. The molecule has 0 saturated carbocycles. The Balaban J connectivity index is 1.96. The van der Waals surface area contributed by atoms with Crippen LogP contribution in [0.2, 0.25) is 0 Å². The summed E-state index contributed by atoms with van der Waals surface area (Å²) < 4.78 is 5.65. The van der Waals surface area contributed by atoms with Crippen LogP contribution in [0.5, 0.6) is 5.75 Å². The minimum atomic E-state index is -0.344. The lowest BCUT2D eigenvalue weighted by molar-refractivity contribution is -0.111. The highest BCUT2D eigenvalue weighted by Gasteiger charge is 2.16. The van der Waals surface area contributed by atoms with Crippen LogP contribution in [0.4, 0.5) is 23.0 Å². The van der Waals surface area contributed by atoms with Crippen molar-refractivity contribution in [1.82, 2.24) is 14.9 Å². The standard InChI is InChI=1S/C26H30ClN7O2S/c1-29-25(17-7-5-6-8-18(17)28)19-10-12-30-26(32-19)33-20-15-21(31-24(35)9-11-27)23(16-22(20)36-4)37-14-13-34(2)3/h5-12,15-16H,13-14,28H2,1-4H3,(H,31,35)(H,30,32,33)/b11-9+,29-25?. The number of aliphatic imine (C=N–C) groups is 1. The molecule has 4 N–H and O–H groups in total. The summed E-state index contributed by atoms with van der Waals surface area (Å²) in [4.78, 5) is 28.7. The molecule has 0 aliphatic carbocycles. The third kappa shape index (κ3) is 7.69. The largest absolute Gasteiger partial charge is 0.495 e. The number of ether oxygens (including phenoxy) is 1. The van der Waals surface area contributed by atoms with E-state index in [0.717, 1.165) is 22.8 Å². The maximum Gasteiger partial charge on any atom is 0.249 e. The Hall–Kier alpha value is -3.60. The molecule has 0 bridgehead atoms. The molecule has 9 nitrogen and oxygen atoms in total. The van der Waals surface area contributed by atoms with Crippen molar-refractivity contribution < 1.29 is 9.53 Å². The summed E-state index contributed by atoms with van der Waals surface area (Å²) >= 11 is 7.20. The Bertz CT molecular complexity index is 1300. The second-order valence-corrected chi connectivity index (χ2v) is 9.42. The zero-order valence-electron chi connectivity index (χ0n) is 21.2. The number of nitrogens with one attached hydrogen (secondary N) is 2. The Morgan fingerprint density at radius 2 is 2.03 bits per heavy atom. The minimum Gasteiger partial charge on any atom is -0.495 e. The van der Waals surface area contributed by atoms with Crippen LogP contribution < -0.4 is 21.1 Å². The summed E-state index contributed by atoms with van der Waals surface area (Å²) in [5.74, 6) is 1.38. The number of hydrogen-bond acceptors (Lipinski definition) is 9. The van der Waals surface area contributed by atoms with Gasteiger partial charge in [-0.3, -0.25) is 9.79 Å². The number of rotatable bonds is 11. The highest BCUT2D eigenvalue weighted by molar-refractivity contribution is 7.99.